The van der Waals surface area contributed by atoms with Gasteiger partial charge in [0.05, 0.1) is 11.1 Å². The van der Waals surface area contributed by atoms with Crippen molar-refractivity contribution in [2.24, 2.45) is 0 Å². The minimum Gasteiger partial charge on any atom is -0.478 e. The monoisotopic (exact) mass is 236 g/mol. The van der Waals surface area contributed by atoms with Crippen molar-refractivity contribution >= 4 is 17.7 Å². The summed E-state index contributed by atoms with van der Waals surface area (Å²) in [7, 11) is 0. The van der Waals surface area contributed by atoms with Crippen LogP contribution < -0.4 is 0 Å². The van der Waals surface area contributed by atoms with E-state index in [1.807, 2.05) is 6.92 Å². The van der Waals surface area contributed by atoms with Crippen LogP contribution in [0.15, 0.2) is 18.2 Å². The van der Waals surface area contributed by atoms with Gasteiger partial charge in [-0.25, -0.2) is 9.59 Å². The molecule has 0 aliphatic heterocycles. The molecule has 0 aliphatic carbocycles. The Kier molecular flexibility index (Phi) is 3.98. The summed E-state index contributed by atoms with van der Waals surface area (Å²) >= 11 is 0. The Labute approximate surface area is 97.7 Å². The SMILES string of the molecule is CCCC(=O)c1ccc(C(=O)O)c(C(=O)O)c1. The van der Waals surface area contributed by atoms with E-state index in [2.05, 4.69) is 0 Å². The van der Waals surface area contributed by atoms with Gasteiger partial charge in [0, 0.05) is 12.0 Å². The molecule has 0 spiro atoms. The molecule has 0 bridgehead atoms. The lowest BCUT2D eigenvalue weighted by atomic mass is 10.00. The Morgan fingerprint density at radius 2 is 1.65 bits per heavy atom. The van der Waals surface area contributed by atoms with Crippen LogP contribution in [0.2, 0.25) is 0 Å². The maximum Gasteiger partial charge on any atom is 0.336 e. The Hall–Kier alpha value is -2.17. The number of hydrogen-bond donors (Lipinski definition) is 2. The molecule has 0 unspecified atom stereocenters. The highest BCUT2D eigenvalue weighted by Gasteiger charge is 2.18. The molecule has 0 amide bonds. The normalized spacial score (nSPS) is 9.94. The van der Waals surface area contributed by atoms with Crippen molar-refractivity contribution < 1.29 is 24.6 Å². The maximum atomic E-state index is 11.6. The van der Waals surface area contributed by atoms with Crippen molar-refractivity contribution in [2.75, 3.05) is 0 Å². The molecule has 0 aromatic heterocycles. The van der Waals surface area contributed by atoms with Crippen molar-refractivity contribution in [2.45, 2.75) is 19.8 Å². The van der Waals surface area contributed by atoms with Crippen molar-refractivity contribution in [1.29, 1.82) is 0 Å². The number of hydrogen-bond acceptors (Lipinski definition) is 3. The number of benzene rings is 1. The summed E-state index contributed by atoms with van der Waals surface area (Å²) in [5.74, 6) is -2.86. The summed E-state index contributed by atoms with van der Waals surface area (Å²) in [6.45, 7) is 1.83. The third kappa shape index (κ3) is 2.90. The van der Waals surface area contributed by atoms with Gasteiger partial charge in [0.1, 0.15) is 0 Å². The lowest BCUT2D eigenvalue weighted by Crippen LogP contribution is -2.10. The minimum absolute atomic E-state index is 0.188. The zero-order valence-corrected chi connectivity index (χ0v) is 9.27. The van der Waals surface area contributed by atoms with Crippen molar-refractivity contribution in [3.05, 3.63) is 34.9 Å². The number of rotatable bonds is 5. The van der Waals surface area contributed by atoms with E-state index >= 15 is 0 Å². The molecule has 0 atom stereocenters. The van der Waals surface area contributed by atoms with Gasteiger partial charge in [0.15, 0.2) is 5.78 Å². The summed E-state index contributed by atoms with van der Waals surface area (Å²) in [5.41, 5.74) is -0.445. The quantitative estimate of drug-likeness (QED) is 0.763. The highest BCUT2D eigenvalue weighted by molar-refractivity contribution is 6.05. The van der Waals surface area contributed by atoms with E-state index in [1.54, 1.807) is 0 Å². The summed E-state index contributed by atoms with van der Waals surface area (Å²) in [6, 6.07) is 3.60. The van der Waals surface area contributed by atoms with Gasteiger partial charge in [-0.1, -0.05) is 13.0 Å². The molecule has 0 radical (unpaired) electrons. The fourth-order valence-electron chi connectivity index (χ4n) is 1.45. The van der Waals surface area contributed by atoms with E-state index < -0.39 is 11.9 Å². The van der Waals surface area contributed by atoms with E-state index in [4.69, 9.17) is 10.2 Å². The largest absolute Gasteiger partial charge is 0.478 e. The van der Waals surface area contributed by atoms with Crippen LogP contribution in [0.25, 0.3) is 0 Å². The van der Waals surface area contributed by atoms with Crippen LogP contribution in [0.5, 0.6) is 0 Å². The third-order valence-electron chi connectivity index (χ3n) is 2.28. The fraction of sp³-hybridized carbons (Fsp3) is 0.250. The maximum absolute atomic E-state index is 11.6. The topological polar surface area (TPSA) is 91.7 Å². The van der Waals surface area contributed by atoms with E-state index in [0.717, 1.165) is 12.1 Å². The van der Waals surface area contributed by atoms with Crippen molar-refractivity contribution in [3.63, 3.8) is 0 Å². The summed E-state index contributed by atoms with van der Waals surface area (Å²) in [4.78, 5) is 33.2. The lowest BCUT2D eigenvalue weighted by molar-refractivity contribution is 0.0651. The first-order valence-corrected chi connectivity index (χ1v) is 5.11. The molecule has 0 saturated heterocycles. The van der Waals surface area contributed by atoms with E-state index in [0.29, 0.717) is 12.8 Å². The predicted molar refractivity (Wildman–Crippen MR) is 59.6 cm³/mol. The molecule has 1 aromatic rings. The molecule has 90 valence electrons. The van der Waals surface area contributed by atoms with Gasteiger partial charge in [-0.2, -0.15) is 0 Å². The van der Waals surface area contributed by atoms with Gasteiger partial charge in [0.25, 0.3) is 0 Å². The van der Waals surface area contributed by atoms with Crippen LogP contribution in [0.1, 0.15) is 50.8 Å². The second-order valence-electron chi connectivity index (χ2n) is 3.54. The molecule has 5 nitrogen and oxygen atoms in total. The van der Waals surface area contributed by atoms with Gasteiger partial charge in [0.2, 0.25) is 0 Å². The summed E-state index contributed by atoms with van der Waals surface area (Å²) in [6.07, 6.45) is 0.966. The van der Waals surface area contributed by atoms with Crippen LogP contribution in [0.4, 0.5) is 0 Å². The van der Waals surface area contributed by atoms with Crippen LogP contribution in [0, 0.1) is 0 Å². The predicted octanol–water partition coefficient (Wildman–Crippen LogP) is 2.07. The second-order valence-corrected chi connectivity index (χ2v) is 3.54. The van der Waals surface area contributed by atoms with E-state index in [9.17, 15) is 14.4 Å². The van der Waals surface area contributed by atoms with Crippen LogP contribution >= 0.6 is 0 Å². The van der Waals surface area contributed by atoms with Gasteiger partial charge in [-0.15, -0.1) is 0 Å². The standard InChI is InChI=1S/C12H12O5/c1-2-3-10(13)7-4-5-8(11(14)15)9(6-7)12(16)17/h4-6H,2-3H2,1H3,(H,14,15)(H,16,17). The first-order chi connectivity index (χ1) is 7.97. The minimum atomic E-state index is -1.35. The van der Waals surface area contributed by atoms with Gasteiger partial charge in [-0.3, -0.25) is 4.79 Å². The molecule has 0 heterocycles. The van der Waals surface area contributed by atoms with Crippen LogP contribution in [0.3, 0.4) is 0 Å². The third-order valence-corrected chi connectivity index (χ3v) is 2.28. The molecular weight excluding hydrogens is 224 g/mol. The first-order valence-electron chi connectivity index (χ1n) is 5.11. The Balaban J connectivity index is 3.23. The zero-order valence-electron chi connectivity index (χ0n) is 9.27. The van der Waals surface area contributed by atoms with Crippen molar-refractivity contribution in [3.8, 4) is 0 Å². The number of carboxylic acids is 2. The Morgan fingerprint density at radius 3 is 2.12 bits per heavy atom. The molecule has 5 heteroatoms. The molecule has 0 aliphatic rings. The fourth-order valence-corrected chi connectivity index (χ4v) is 1.45. The molecule has 17 heavy (non-hydrogen) atoms. The molecule has 0 fully saturated rings. The second kappa shape index (κ2) is 5.25. The summed E-state index contributed by atoms with van der Waals surface area (Å²) in [5, 5.41) is 17.7. The van der Waals surface area contributed by atoms with Crippen LogP contribution in [-0.2, 0) is 0 Å². The number of aromatic carboxylic acids is 2. The van der Waals surface area contributed by atoms with E-state index in [1.165, 1.54) is 6.07 Å². The van der Waals surface area contributed by atoms with Gasteiger partial charge in [-0.05, 0) is 18.6 Å². The number of carbonyl (C=O) groups is 3. The summed E-state index contributed by atoms with van der Waals surface area (Å²) < 4.78 is 0. The number of carboxylic acid groups (broad SMARTS) is 2. The first kappa shape index (κ1) is 12.9. The number of ketones is 1. The average molecular weight is 236 g/mol. The van der Waals surface area contributed by atoms with Gasteiger partial charge < -0.3 is 10.2 Å². The lowest BCUT2D eigenvalue weighted by Gasteiger charge is -2.04. The van der Waals surface area contributed by atoms with Gasteiger partial charge >= 0.3 is 11.9 Å². The molecule has 1 aromatic carbocycles. The molecular formula is C12H12O5. The van der Waals surface area contributed by atoms with Crippen LogP contribution in [-0.4, -0.2) is 27.9 Å². The van der Waals surface area contributed by atoms with E-state index in [-0.39, 0.29) is 22.5 Å². The highest BCUT2D eigenvalue weighted by atomic mass is 16.4. The molecule has 2 N–H and O–H groups in total. The highest BCUT2D eigenvalue weighted by Crippen LogP contribution is 2.14. The number of carbonyl (C=O) groups excluding carboxylic acids is 1. The number of Topliss-reactive ketones (excluding diaryl/α,β-unsaturated/α-hetero) is 1. The average Bonchev–Trinajstić information content (AvgIpc) is 2.28. The molecule has 0 saturated carbocycles. The van der Waals surface area contributed by atoms with Crippen molar-refractivity contribution in [1.82, 2.24) is 0 Å². The Morgan fingerprint density at radius 1 is 1.06 bits per heavy atom. The molecule has 1 rings (SSSR count). The smallest absolute Gasteiger partial charge is 0.336 e. The Bertz CT molecular complexity index is 476. The zero-order chi connectivity index (χ0) is 13.0.